The van der Waals surface area contributed by atoms with E-state index in [1.165, 1.54) is 11.1 Å². The molecule has 1 aliphatic rings. The van der Waals surface area contributed by atoms with Crippen LogP contribution in [0.5, 0.6) is 0 Å². The first-order valence-electron chi connectivity index (χ1n) is 4.69. The minimum Gasteiger partial charge on any atom is -0.339 e. The molecule has 0 spiro atoms. The van der Waals surface area contributed by atoms with Crippen LogP contribution in [0, 0.1) is 6.92 Å². The van der Waals surface area contributed by atoms with Crippen LogP contribution < -0.4 is 5.32 Å². The van der Waals surface area contributed by atoms with Gasteiger partial charge in [0.1, 0.15) is 5.37 Å². The molecular weight excluding hydrogens is 194 g/mol. The zero-order valence-corrected chi connectivity index (χ0v) is 9.10. The maximum Gasteiger partial charge on any atom is 0.234 e. The molecule has 0 aliphatic carbocycles. The minimum absolute atomic E-state index is 0.0707. The van der Waals surface area contributed by atoms with Crippen molar-refractivity contribution < 1.29 is 4.79 Å². The third-order valence-electron chi connectivity index (χ3n) is 2.36. The zero-order chi connectivity index (χ0) is 10.1. The molecule has 74 valence electrons. The quantitative estimate of drug-likeness (QED) is 0.765. The van der Waals surface area contributed by atoms with E-state index in [1.54, 1.807) is 11.8 Å². The molecule has 1 aromatic rings. The van der Waals surface area contributed by atoms with Gasteiger partial charge in [0.25, 0.3) is 0 Å². The van der Waals surface area contributed by atoms with E-state index in [-0.39, 0.29) is 16.5 Å². The van der Waals surface area contributed by atoms with Gasteiger partial charge in [-0.3, -0.25) is 4.79 Å². The lowest BCUT2D eigenvalue weighted by Gasteiger charge is -2.09. The molecule has 1 amide bonds. The highest BCUT2D eigenvalue weighted by molar-refractivity contribution is 8.01. The Kier molecular flexibility index (Phi) is 2.50. The van der Waals surface area contributed by atoms with Gasteiger partial charge in [0.05, 0.1) is 5.25 Å². The molecule has 2 atom stereocenters. The van der Waals surface area contributed by atoms with Crippen molar-refractivity contribution in [3.63, 3.8) is 0 Å². The van der Waals surface area contributed by atoms with Crippen LogP contribution in [-0.4, -0.2) is 11.2 Å². The van der Waals surface area contributed by atoms with Gasteiger partial charge in [0.2, 0.25) is 5.91 Å². The first-order chi connectivity index (χ1) is 6.66. The molecule has 0 saturated carbocycles. The Balaban J connectivity index is 2.17. The smallest absolute Gasteiger partial charge is 0.234 e. The summed E-state index contributed by atoms with van der Waals surface area (Å²) in [6, 6.07) is 8.30. The van der Waals surface area contributed by atoms with Crippen LogP contribution in [0.1, 0.15) is 23.4 Å². The fourth-order valence-corrected chi connectivity index (χ4v) is 2.55. The Morgan fingerprint density at radius 2 is 1.93 bits per heavy atom. The van der Waals surface area contributed by atoms with Crippen molar-refractivity contribution in [2.24, 2.45) is 0 Å². The number of hydrogen-bond acceptors (Lipinski definition) is 2. The molecule has 2 rings (SSSR count). The Bertz CT molecular complexity index is 347. The van der Waals surface area contributed by atoms with E-state index >= 15 is 0 Å². The fourth-order valence-electron chi connectivity index (χ4n) is 1.45. The number of nitrogens with one attached hydrogen (secondary N) is 1. The van der Waals surface area contributed by atoms with Gasteiger partial charge in [-0.25, -0.2) is 0 Å². The summed E-state index contributed by atoms with van der Waals surface area (Å²) >= 11 is 1.67. The van der Waals surface area contributed by atoms with E-state index < -0.39 is 0 Å². The second-order valence-corrected chi connectivity index (χ2v) is 5.03. The van der Waals surface area contributed by atoms with Crippen molar-refractivity contribution in [2.45, 2.75) is 24.5 Å². The summed E-state index contributed by atoms with van der Waals surface area (Å²) in [6.07, 6.45) is 0. The number of rotatable bonds is 1. The summed E-state index contributed by atoms with van der Waals surface area (Å²) in [7, 11) is 0. The summed E-state index contributed by atoms with van der Waals surface area (Å²) in [5.74, 6) is 0.139. The number of carbonyl (C=O) groups excluding carboxylic acids is 1. The number of carbonyl (C=O) groups is 1. The normalized spacial score (nSPS) is 26.3. The lowest BCUT2D eigenvalue weighted by molar-refractivity contribution is -0.119. The molecular formula is C11H13NOS. The van der Waals surface area contributed by atoms with Gasteiger partial charge in [-0.1, -0.05) is 29.8 Å². The van der Waals surface area contributed by atoms with Crippen molar-refractivity contribution in [2.75, 3.05) is 0 Å². The van der Waals surface area contributed by atoms with Crippen LogP contribution in [0.25, 0.3) is 0 Å². The van der Waals surface area contributed by atoms with Gasteiger partial charge < -0.3 is 5.32 Å². The molecule has 1 N–H and O–H groups in total. The average Bonchev–Trinajstić information content (AvgIpc) is 2.48. The second-order valence-electron chi connectivity index (χ2n) is 3.58. The summed E-state index contributed by atoms with van der Waals surface area (Å²) in [4.78, 5) is 11.3. The summed E-state index contributed by atoms with van der Waals surface area (Å²) in [5, 5.41) is 3.17. The van der Waals surface area contributed by atoms with E-state index in [0.717, 1.165) is 0 Å². The van der Waals surface area contributed by atoms with E-state index in [0.29, 0.717) is 0 Å². The van der Waals surface area contributed by atoms with E-state index in [9.17, 15) is 4.79 Å². The second kappa shape index (κ2) is 3.65. The Morgan fingerprint density at radius 1 is 1.29 bits per heavy atom. The van der Waals surface area contributed by atoms with Crippen LogP contribution in [0.4, 0.5) is 0 Å². The molecule has 1 heterocycles. The zero-order valence-electron chi connectivity index (χ0n) is 8.28. The number of amides is 1. The first kappa shape index (κ1) is 9.59. The van der Waals surface area contributed by atoms with Crippen LogP contribution >= 0.6 is 11.8 Å². The summed E-state index contributed by atoms with van der Waals surface area (Å²) in [6.45, 7) is 4.00. The average molecular weight is 207 g/mol. The van der Waals surface area contributed by atoms with Crippen LogP contribution in [-0.2, 0) is 4.79 Å². The van der Waals surface area contributed by atoms with E-state index in [4.69, 9.17) is 0 Å². The Morgan fingerprint density at radius 3 is 2.43 bits per heavy atom. The fraction of sp³-hybridized carbons (Fsp3) is 0.364. The molecule has 14 heavy (non-hydrogen) atoms. The Labute approximate surface area is 88.1 Å². The molecule has 0 radical (unpaired) electrons. The Hall–Kier alpha value is -0.960. The summed E-state index contributed by atoms with van der Waals surface area (Å²) < 4.78 is 0. The van der Waals surface area contributed by atoms with Gasteiger partial charge in [0, 0.05) is 0 Å². The van der Waals surface area contributed by atoms with Crippen molar-refractivity contribution in [3.05, 3.63) is 35.4 Å². The van der Waals surface area contributed by atoms with Crippen molar-refractivity contribution >= 4 is 17.7 Å². The SMILES string of the molecule is Cc1ccc(C2NC(=O)C(C)S2)cc1. The molecule has 1 aromatic carbocycles. The number of aryl methyl sites for hydroxylation is 1. The molecule has 2 unspecified atom stereocenters. The third-order valence-corrected chi connectivity index (χ3v) is 3.65. The number of benzene rings is 1. The molecule has 0 aromatic heterocycles. The molecule has 1 saturated heterocycles. The maximum absolute atomic E-state index is 11.3. The molecule has 1 aliphatic heterocycles. The van der Waals surface area contributed by atoms with E-state index in [2.05, 4.69) is 36.5 Å². The predicted octanol–water partition coefficient (Wildman–Crippen LogP) is 2.25. The lowest BCUT2D eigenvalue weighted by atomic mass is 10.1. The number of thioether (sulfide) groups is 1. The largest absolute Gasteiger partial charge is 0.339 e. The van der Waals surface area contributed by atoms with Crippen molar-refractivity contribution in [1.29, 1.82) is 0 Å². The molecule has 3 heteroatoms. The standard InChI is InChI=1S/C11H13NOS/c1-7-3-5-9(6-4-7)11-12-10(13)8(2)14-11/h3-6,8,11H,1-2H3,(H,12,13). The highest BCUT2D eigenvalue weighted by Gasteiger charge is 2.29. The molecule has 0 bridgehead atoms. The lowest BCUT2D eigenvalue weighted by Crippen LogP contribution is -2.22. The van der Waals surface area contributed by atoms with Gasteiger partial charge in [-0.15, -0.1) is 11.8 Å². The van der Waals surface area contributed by atoms with Crippen molar-refractivity contribution in [3.8, 4) is 0 Å². The van der Waals surface area contributed by atoms with Crippen LogP contribution in [0.2, 0.25) is 0 Å². The highest BCUT2D eigenvalue weighted by atomic mass is 32.2. The van der Waals surface area contributed by atoms with Gasteiger partial charge in [0.15, 0.2) is 0 Å². The third kappa shape index (κ3) is 1.77. The monoisotopic (exact) mass is 207 g/mol. The van der Waals surface area contributed by atoms with Gasteiger partial charge in [-0.2, -0.15) is 0 Å². The first-order valence-corrected chi connectivity index (χ1v) is 5.63. The van der Waals surface area contributed by atoms with E-state index in [1.807, 2.05) is 6.92 Å². The molecule has 2 nitrogen and oxygen atoms in total. The highest BCUT2D eigenvalue weighted by Crippen LogP contribution is 2.35. The molecule has 1 fully saturated rings. The number of hydrogen-bond donors (Lipinski definition) is 1. The van der Waals surface area contributed by atoms with Crippen LogP contribution in [0.15, 0.2) is 24.3 Å². The predicted molar refractivity (Wildman–Crippen MR) is 59.1 cm³/mol. The summed E-state index contributed by atoms with van der Waals surface area (Å²) in [5.41, 5.74) is 2.43. The topological polar surface area (TPSA) is 29.1 Å². The minimum atomic E-state index is 0.0707. The van der Waals surface area contributed by atoms with Gasteiger partial charge >= 0.3 is 0 Å². The van der Waals surface area contributed by atoms with Crippen molar-refractivity contribution in [1.82, 2.24) is 5.32 Å². The van der Waals surface area contributed by atoms with Gasteiger partial charge in [-0.05, 0) is 19.4 Å². The van der Waals surface area contributed by atoms with Crippen LogP contribution in [0.3, 0.4) is 0 Å². The maximum atomic E-state index is 11.3.